The van der Waals surface area contributed by atoms with Crippen LogP contribution in [0.5, 0.6) is 0 Å². The molecule has 2 aromatic heterocycles. The number of rotatable bonds is 2. The van der Waals surface area contributed by atoms with Gasteiger partial charge in [0.05, 0.1) is 22.1 Å². The van der Waals surface area contributed by atoms with E-state index in [9.17, 15) is 4.79 Å². The summed E-state index contributed by atoms with van der Waals surface area (Å²) in [6.07, 6.45) is 3.04. The fourth-order valence-electron chi connectivity index (χ4n) is 2.10. The molecule has 3 aromatic rings. The molecule has 1 aromatic carbocycles. The van der Waals surface area contributed by atoms with Crippen molar-refractivity contribution in [1.82, 2.24) is 15.0 Å². The molecule has 0 radical (unpaired) electrons. The minimum absolute atomic E-state index is 0.285. The lowest BCUT2D eigenvalue weighted by Crippen LogP contribution is -2.13. The monoisotopic (exact) mass is 298 g/mol. The summed E-state index contributed by atoms with van der Waals surface area (Å²) in [6, 6.07) is 4.15. The number of benzene rings is 1. The van der Waals surface area contributed by atoms with Crippen LogP contribution in [0.4, 0.5) is 5.13 Å². The van der Waals surface area contributed by atoms with Crippen LogP contribution < -0.4 is 5.32 Å². The molecule has 0 aliphatic heterocycles. The molecule has 0 atom stereocenters. The number of anilines is 1. The number of carbonyl (C=O) groups excluding carboxylic acids is 1. The first-order valence-corrected chi connectivity index (χ1v) is 7.32. The molecule has 3 rings (SSSR count). The van der Waals surface area contributed by atoms with Crippen molar-refractivity contribution < 1.29 is 4.79 Å². The molecule has 21 heavy (non-hydrogen) atoms. The van der Waals surface area contributed by atoms with Gasteiger partial charge in [0.1, 0.15) is 5.69 Å². The molecule has 5 nitrogen and oxygen atoms in total. The Labute approximate surface area is 126 Å². The van der Waals surface area contributed by atoms with Gasteiger partial charge < -0.3 is 0 Å². The van der Waals surface area contributed by atoms with Gasteiger partial charge in [0, 0.05) is 6.20 Å². The van der Waals surface area contributed by atoms with Crippen LogP contribution in [-0.2, 0) is 0 Å². The van der Waals surface area contributed by atoms with Gasteiger partial charge in [-0.25, -0.2) is 9.97 Å². The predicted molar refractivity (Wildman–Crippen MR) is 83.8 cm³/mol. The van der Waals surface area contributed by atoms with E-state index in [0.29, 0.717) is 5.13 Å². The van der Waals surface area contributed by atoms with E-state index < -0.39 is 0 Å². The molecule has 0 bridgehead atoms. The molecule has 0 saturated heterocycles. The number of fused-ring (bicyclic) bond motifs is 1. The number of hydrogen-bond acceptors (Lipinski definition) is 5. The molecular formula is C15H14N4OS. The number of nitrogens with one attached hydrogen (secondary N) is 1. The van der Waals surface area contributed by atoms with E-state index in [1.54, 1.807) is 6.20 Å². The molecule has 0 spiro atoms. The van der Waals surface area contributed by atoms with Gasteiger partial charge in [0.15, 0.2) is 5.13 Å². The Hall–Kier alpha value is -2.34. The Morgan fingerprint density at radius 2 is 1.95 bits per heavy atom. The number of amides is 1. The number of nitrogens with zero attached hydrogens (tertiary/aromatic N) is 3. The van der Waals surface area contributed by atoms with E-state index in [0.717, 1.165) is 21.5 Å². The minimum atomic E-state index is -0.295. The second-order valence-corrected chi connectivity index (χ2v) is 5.98. The normalized spacial score (nSPS) is 10.8. The first-order chi connectivity index (χ1) is 10.0. The van der Waals surface area contributed by atoms with Gasteiger partial charge in [-0.15, -0.1) is 0 Å². The van der Waals surface area contributed by atoms with Gasteiger partial charge in [-0.05, 0) is 38.0 Å². The van der Waals surface area contributed by atoms with Crippen LogP contribution in [0.1, 0.15) is 27.3 Å². The first kappa shape index (κ1) is 13.6. The van der Waals surface area contributed by atoms with Crippen LogP contribution in [0.2, 0.25) is 0 Å². The number of hydrogen-bond donors (Lipinski definition) is 1. The molecule has 0 saturated carbocycles. The third-order valence-corrected chi connectivity index (χ3v) is 3.98. The molecule has 1 N–H and O–H groups in total. The number of carbonyl (C=O) groups is 1. The Kier molecular flexibility index (Phi) is 3.39. The smallest absolute Gasteiger partial charge is 0.277 e. The summed E-state index contributed by atoms with van der Waals surface area (Å²) in [4.78, 5) is 24.7. The summed E-state index contributed by atoms with van der Waals surface area (Å²) in [5.74, 6) is -0.295. The Morgan fingerprint density at radius 3 is 2.67 bits per heavy atom. The average Bonchev–Trinajstić information content (AvgIpc) is 2.82. The molecule has 0 aliphatic carbocycles. The maximum absolute atomic E-state index is 12.1. The zero-order valence-electron chi connectivity index (χ0n) is 12.0. The molecule has 0 fully saturated rings. The van der Waals surface area contributed by atoms with E-state index in [2.05, 4.69) is 32.4 Å². The summed E-state index contributed by atoms with van der Waals surface area (Å²) < 4.78 is 1.07. The van der Waals surface area contributed by atoms with E-state index >= 15 is 0 Å². The topological polar surface area (TPSA) is 67.8 Å². The first-order valence-electron chi connectivity index (χ1n) is 6.51. The molecule has 0 unspecified atom stereocenters. The largest absolute Gasteiger partial charge is 0.296 e. The van der Waals surface area contributed by atoms with Crippen LogP contribution in [0, 0.1) is 20.8 Å². The van der Waals surface area contributed by atoms with Gasteiger partial charge in [0.2, 0.25) is 0 Å². The highest BCUT2D eigenvalue weighted by atomic mass is 32.1. The van der Waals surface area contributed by atoms with Crippen molar-refractivity contribution in [2.75, 3.05) is 5.32 Å². The van der Waals surface area contributed by atoms with Gasteiger partial charge in [0.25, 0.3) is 5.91 Å². The lowest BCUT2D eigenvalue weighted by Gasteiger charge is -2.00. The molecule has 0 aliphatic rings. The molecule has 106 valence electrons. The van der Waals surface area contributed by atoms with Crippen molar-refractivity contribution in [2.45, 2.75) is 20.8 Å². The van der Waals surface area contributed by atoms with Gasteiger partial charge in [-0.1, -0.05) is 17.4 Å². The molecule has 6 heteroatoms. The molecule has 2 heterocycles. The maximum atomic E-state index is 12.1. The minimum Gasteiger partial charge on any atom is -0.296 e. The van der Waals surface area contributed by atoms with E-state index in [-0.39, 0.29) is 11.6 Å². The van der Waals surface area contributed by atoms with Crippen LogP contribution in [-0.4, -0.2) is 20.9 Å². The second-order valence-electron chi connectivity index (χ2n) is 4.94. The zero-order valence-corrected chi connectivity index (χ0v) is 12.8. The van der Waals surface area contributed by atoms with Crippen LogP contribution >= 0.6 is 11.3 Å². The third kappa shape index (κ3) is 2.75. The predicted octanol–water partition coefficient (Wildman–Crippen LogP) is 3.26. The zero-order chi connectivity index (χ0) is 15.0. The van der Waals surface area contributed by atoms with Crippen molar-refractivity contribution >= 4 is 32.6 Å². The van der Waals surface area contributed by atoms with Gasteiger partial charge >= 0.3 is 0 Å². The number of thiazole rings is 1. The van der Waals surface area contributed by atoms with Crippen LogP contribution in [0.25, 0.3) is 10.2 Å². The van der Waals surface area contributed by atoms with E-state index in [4.69, 9.17) is 0 Å². The van der Waals surface area contributed by atoms with Crippen molar-refractivity contribution in [3.8, 4) is 0 Å². The number of aryl methyl sites for hydroxylation is 3. The Morgan fingerprint density at radius 1 is 1.14 bits per heavy atom. The third-order valence-electron chi connectivity index (χ3n) is 3.06. The summed E-state index contributed by atoms with van der Waals surface area (Å²) in [5, 5.41) is 3.35. The van der Waals surface area contributed by atoms with Gasteiger partial charge in [-0.2, -0.15) is 0 Å². The van der Waals surface area contributed by atoms with Crippen molar-refractivity contribution in [3.05, 3.63) is 47.0 Å². The highest BCUT2D eigenvalue weighted by Crippen LogP contribution is 2.29. The maximum Gasteiger partial charge on any atom is 0.277 e. The summed E-state index contributed by atoms with van der Waals surface area (Å²) in [7, 11) is 0. The summed E-state index contributed by atoms with van der Waals surface area (Å²) in [5.41, 5.74) is 4.28. The second kappa shape index (κ2) is 5.21. The lowest BCUT2D eigenvalue weighted by atomic mass is 10.1. The van der Waals surface area contributed by atoms with Gasteiger partial charge in [-0.3, -0.25) is 15.1 Å². The molecule has 1 amide bonds. The standard InChI is InChI=1S/C15H14N4OS/c1-8-4-9(2)13-12(5-8)21-15(18-13)19-14(20)11-7-16-10(3)6-17-11/h4-7H,1-3H3,(H,18,19,20). The molecular weight excluding hydrogens is 284 g/mol. The van der Waals surface area contributed by atoms with E-state index in [1.807, 2.05) is 20.8 Å². The van der Waals surface area contributed by atoms with Crippen LogP contribution in [0.3, 0.4) is 0 Å². The SMILES string of the molecule is Cc1cc(C)c2nc(NC(=O)c3cnc(C)cn3)sc2c1. The highest BCUT2D eigenvalue weighted by Gasteiger charge is 2.12. The Bertz CT molecular complexity index is 824. The fraction of sp³-hybridized carbons (Fsp3) is 0.200. The van der Waals surface area contributed by atoms with E-state index in [1.165, 1.54) is 23.1 Å². The van der Waals surface area contributed by atoms with Crippen molar-refractivity contribution in [3.63, 3.8) is 0 Å². The quantitative estimate of drug-likeness (QED) is 0.788. The number of aromatic nitrogens is 3. The van der Waals surface area contributed by atoms with Crippen molar-refractivity contribution in [1.29, 1.82) is 0 Å². The lowest BCUT2D eigenvalue weighted by molar-refractivity contribution is 0.102. The highest BCUT2D eigenvalue weighted by molar-refractivity contribution is 7.22. The summed E-state index contributed by atoms with van der Waals surface area (Å²) in [6.45, 7) is 5.89. The van der Waals surface area contributed by atoms with Crippen molar-refractivity contribution in [2.24, 2.45) is 0 Å². The average molecular weight is 298 g/mol. The summed E-state index contributed by atoms with van der Waals surface area (Å²) >= 11 is 1.46. The van der Waals surface area contributed by atoms with Crippen LogP contribution in [0.15, 0.2) is 24.5 Å². The fourth-order valence-corrected chi connectivity index (χ4v) is 3.13. The Balaban J connectivity index is 1.89.